The SMILES string of the molecule is O=S(=O)(NCC1Cc2ccccc2O1)c1cccc2nsnc12. The van der Waals surface area contributed by atoms with Crippen LogP contribution in [0.5, 0.6) is 5.75 Å². The fourth-order valence-electron chi connectivity index (χ4n) is 2.65. The third-order valence-electron chi connectivity index (χ3n) is 3.75. The molecule has 2 heterocycles. The minimum Gasteiger partial charge on any atom is -0.488 e. The lowest BCUT2D eigenvalue weighted by Crippen LogP contribution is -2.34. The van der Waals surface area contributed by atoms with E-state index in [2.05, 4.69) is 13.5 Å². The van der Waals surface area contributed by atoms with E-state index in [-0.39, 0.29) is 17.5 Å². The molecule has 0 spiro atoms. The second-order valence-electron chi connectivity index (χ2n) is 5.29. The average Bonchev–Trinajstić information content (AvgIpc) is 3.18. The number of rotatable bonds is 4. The van der Waals surface area contributed by atoms with E-state index in [1.807, 2.05) is 24.3 Å². The second kappa shape index (κ2) is 5.55. The van der Waals surface area contributed by atoms with Crippen molar-refractivity contribution >= 4 is 32.8 Å². The van der Waals surface area contributed by atoms with Crippen LogP contribution in [0.3, 0.4) is 0 Å². The largest absolute Gasteiger partial charge is 0.488 e. The maximum Gasteiger partial charge on any atom is 0.242 e. The fraction of sp³-hybridized carbons (Fsp3) is 0.200. The van der Waals surface area contributed by atoms with Crippen LogP contribution in [0, 0.1) is 0 Å². The van der Waals surface area contributed by atoms with Crippen LogP contribution >= 0.6 is 11.7 Å². The average molecular weight is 347 g/mol. The van der Waals surface area contributed by atoms with Crippen LogP contribution in [-0.4, -0.2) is 29.8 Å². The molecule has 23 heavy (non-hydrogen) atoms. The monoisotopic (exact) mass is 347 g/mol. The first kappa shape index (κ1) is 14.6. The van der Waals surface area contributed by atoms with E-state index in [4.69, 9.17) is 4.74 Å². The normalized spacial score (nSPS) is 17.1. The Kier molecular flexibility index (Phi) is 3.51. The molecule has 1 unspecified atom stereocenters. The predicted molar refractivity (Wildman–Crippen MR) is 87.2 cm³/mol. The molecule has 3 aromatic rings. The van der Waals surface area contributed by atoms with Crippen LogP contribution < -0.4 is 9.46 Å². The Morgan fingerprint density at radius 3 is 2.91 bits per heavy atom. The highest BCUT2D eigenvalue weighted by molar-refractivity contribution is 7.89. The Labute approximate surface area is 137 Å². The van der Waals surface area contributed by atoms with E-state index >= 15 is 0 Å². The van der Waals surface area contributed by atoms with E-state index < -0.39 is 10.0 Å². The van der Waals surface area contributed by atoms with Crippen molar-refractivity contribution in [2.45, 2.75) is 17.4 Å². The smallest absolute Gasteiger partial charge is 0.242 e. The summed E-state index contributed by atoms with van der Waals surface area (Å²) < 4.78 is 41.6. The maximum absolute atomic E-state index is 12.5. The van der Waals surface area contributed by atoms with Crippen molar-refractivity contribution in [1.82, 2.24) is 13.5 Å². The molecular weight excluding hydrogens is 334 g/mol. The molecule has 1 atom stereocenters. The highest BCUT2D eigenvalue weighted by Gasteiger charge is 2.26. The van der Waals surface area contributed by atoms with E-state index in [0.29, 0.717) is 17.5 Å². The molecule has 0 aliphatic carbocycles. The van der Waals surface area contributed by atoms with E-state index in [1.165, 1.54) is 6.07 Å². The number of fused-ring (bicyclic) bond motifs is 2. The van der Waals surface area contributed by atoms with Crippen LogP contribution in [-0.2, 0) is 16.4 Å². The summed E-state index contributed by atoms with van der Waals surface area (Å²) in [6, 6.07) is 12.7. The quantitative estimate of drug-likeness (QED) is 0.780. The van der Waals surface area contributed by atoms with Gasteiger partial charge in [0.2, 0.25) is 10.0 Å². The minimum absolute atomic E-state index is 0.152. The van der Waals surface area contributed by atoms with Gasteiger partial charge in [0.1, 0.15) is 27.8 Å². The summed E-state index contributed by atoms with van der Waals surface area (Å²) in [5.41, 5.74) is 2.09. The van der Waals surface area contributed by atoms with Gasteiger partial charge in [-0.1, -0.05) is 24.3 Å². The predicted octanol–water partition coefficient (Wildman–Crippen LogP) is 1.97. The molecule has 1 aliphatic heterocycles. The van der Waals surface area contributed by atoms with Crippen molar-refractivity contribution in [1.29, 1.82) is 0 Å². The topological polar surface area (TPSA) is 81.2 Å². The molecule has 2 aromatic carbocycles. The number of para-hydroxylation sites is 1. The first-order valence-corrected chi connectivity index (χ1v) is 9.30. The number of hydrogen-bond donors (Lipinski definition) is 1. The first-order valence-electron chi connectivity index (χ1n) is 7.09. The molecule has 0 bridgehead atoms. The third kappa shape index (κ3) is 2.69. The summed E-state index contributed by atoms with van der Waals surface area (Å²) in [5, 5.41) is 0. The molecule has 0 radical (unpaired) electrons. The summed E-state index contributed by atoms with van der Waals surface area (Å²) in [6.45, 7) is 0.213. The van der Waals surface area contributed by atoms with Gasteiger partial charge in [0.25, 0.3) is 0 Å². The van der Waals surface area contributed by atoms with E-state index in [1.54, 1.807) is 12.1 Å². The lowest BCUT2D eigenvalue weighted by atomic mass is 10.1. The van der Waals surface area contributed by atoms with E-state index in [0.717, 1.165) is 23.0 Å². The van der Waals surface area contributed by atoms with Crippen molar-refractivity contribution in [3.8, 4) is 5.75 Å². The molecule has 1 aromatic heterocycles. The van der Waals surface area contributed by atoms with E-state index in [9.17, 15) is 8.42 Å². The molecule has 0 amide bonds. The Morgan fingerprint density at radius 1 is 1.17 bits per heavy atom. The van der Waals surface area contributed by atoms with Gasteiger partial charge in [0, 0.05) is 13.0 Å². The molecule has 6 nitrogen and oxygen atoms in total. The number of hydrogen-bond acceptors (Lipinski definition) is 6. The molecule has 0 saturated carbocycles. The molecule has 118 valence electrons. The summed E-state index contributed by atoms with van der Waals surface area (Å²) in [6.07, 6.45) is 0.496. The van der Waals surface area contributed by atoms with Gasteiger partial charge in [-0.3, -0.25) is 0 Å². The van der Waals surface area contributed by atoms with Crippen LogP contribution in [0.1, 0.15) is 5.56 Å². The van der Waals surface area contributed by atoms with Gasteiger partial charge in [0.05, 0.1) is 11.7 Å². The summed E-state index contributed by atoms with van der Waals surface area (Å²) in [5.74, 6) is 0.822. The molecule has 0 saturated heterocycles. The highest BCUT2D eigenvalue weighted by atomic mass is 32.2. The highest BCUT2D eigenvalue weighted by Crippen LogP contribution is 2.28. The molecule has 1 aliphatic rings. The second-order valence-corrected chi connectivity index (χ2v) is 7.56. The van der Waals surface area contributed by atoms with Crippen molar-refractivity contribution in [2.75, 3.05) is 6.54 Å². The zero-order chi connectivity index (χ0) is 15.9. The van der Waals surface area contributed by atoms with Gasteiger partial charge in [0.15, 0.2) is 0 Å². The number of sulfonamides is 1. The zero-order valence-corrected chi connectivity index (χ0v) is 13.6. The fourth-order valence-corrected chi connectivity index (χ4v) is 4.48. The van der Waals surface area contributed by atoms with Crippen molar-refractivity contribution in [3.05, 3.63) is 48.0 Å². The Hall–Kier alpha value is -2.03. The summed E-state index contributed by atoms with van der Waals surface area (Å²) in [7, 11) is -3.66. The number of benzene rings is 2. The Balaban J connectivity index is 1.52. The molecular formula is C15H13N3O3S2. The van der Waals surface area contributed by atoms with Crippen LogP contribution in [0.4, 0.5) is 0 Å². The number of nitrogens with zero attached hydrogens (tertiary/aromatic N) is 2. The van der Waals surface area contributed by atoms with Gasteiger partial charge in [-0.15, -0.1) is 0 Å². The summed E-state index contributed by atoms with van der Waals surface area (Å²) >= 11 is 1.00. The van der Waals surface area contributed by atoms with Crippen molar-refractivity contribution in [2.24, 2.45) is 0 Å². The summed E-state index contributed by atoms with van der Waals surface area (Å²) in [4.78, 5) is 0.152. The van der Waals surface area contributed by atoms with Crippen LogP contribution in [0.2, 0.25) is 0 Å². The van der Waals surface area contributed by atoms with Gasteiger partial charge in [-0.2, -0.15) is 8.75 Å². The molecule has 4 rings (SSSR count). The third-order valence-corrected chi connectivity index (χ3v) is 5.75. The Bertz CT molecular complexity index is 944. The molecule has 0 fully saturated rings. The van der Waals surface area contributed by atoms with Crippen LogP contribution in [0.25, 0.3) is 11.0 Å². The first-order chi connectivity index (χ1) is 11.1. The zero-order valence-electron chi connectivity index (χ0n) is 12.0. The lowest BCUT2D eigenvalue weighted by Gasteiger charge is -2.12. The number of aromatic nitrogens is 2. The molecule has 8 heteroatoms. The van der Waals surface area contributed by atoms with Gasteiger partial charge >= 0.3 is 0 Å². The molecule has 1 N–H and O–H groups in total. The number of ether oxygens (including phenoxy) is 1. The van der Waals surface area contributed by atoms with Crippen LogP contribution in [0.15, 0.2) is 47.4 Å². The van der Waals surface area contributed by atoms with Gasteiger partial charge in [-0.05, 0) is 23.8 Å². The minimum atomic E-state index is -3.66. The Morgan fingerprint density at radius 2 is 2.04 bits per heavy atom. The van der Waals surface area contributed by atoms with Gasteiger partial charge in [-0.25, -0.2) is 13.1 Å². The number of nitrogens with one attached hydrogen (secondary N) is 1. The lowest BCUT2D eigenvalue weighted by molar-refractivity contribution is 0.236. The van der Waals surface area contributed by atoms with Crippen molar-refractivity contribution in [3.63, 3.8) is 0 Å². The standard InChI is InChI=1S/C15H13N3O3S2/c19-23(20,14-7-3-5-12-15(14)18-22-17-12)16-9-11-8-10-4-1-2-6-13(10)21-11/h1-7,11,16H,8-9H2. The van der Waals surface area contributed by atoms with Gasteiger partial charge < -0.3 is 4.74 Å². The maximum atomic E-state index is 12.5. The van der Waals surface area contributed by atoms with Crippen molar-refractivity contribution < 1.29 is 13.2 Å².